The van der Waals surface area contributed by atoms with Gasteiger partial charge in [-0.25, -0.2) is 15.0 Å². The summed E-state index contributed by atoms with van der Waals surface area (Å²) in [4.78, 5) is 58.8. The minimum atomic E-state index is -4.60. The third kappa shape index (κ3) is 6.66. The number of piperazine rings is 1. The number of benzene rings is 1. The molecule has 248 valence electrons. The van der Waals surface area contributed by atoms with E-state index in [1.807, 2.05) is 11.8 Å². The Labute approximate surface area is 272 Å². The zero-order chi connectivity index (χ0) is 34.2. The van der Waals surface area contributed by atoms with Gasteiger partial charge in [0.05, 0.1) is 22.5 Å². The summed E-state index contributed by atoms with van der Waals surface area (Å²) in [6.07, 6.45) is -1.36. The van der Waals surface area contributed by atoms with Crippen molar-refractivity contribution in [3.05, 3.63) is 74.4 Å². The SMILES string of the molecule is CCc1c(N2CCN(C(=O)c3nccc(C)c3O)CC2)c(=O)c2nc(N(C)C)cnc2n1CC(=O)Nc1ccc(C(F)(F)F)cc1Cl. The van der Waals surface area contributed by atoms with Crippen molar-refractivity contribution in [2.45, 2.75) is 33.0 Å². The number of pyridine rings is 2. The fourth-order valence-corrected chi connectivity index (χ4v) is 5.64. The highest BCUT2D eigenvalue weighted by Gasteiger charge is 2.32. The summed E-state index contributed by atoms with van der Waals surface area (Å²) < 4.78 is 40.9. The molecule has 3 aromatic heterocycles. The van der Waals surface area contributed by atoms with Crippen LogP contribution in [0.1, 0.15) is 34.2 Å². The predicted molar refractivity (Wildman–Crippen MR) is 171 cm³/mol. The number of carbonyl (C=O) groups excluding carboxylic acids is 2. The number of alkyl halides is 3. The number of hydrogen-bond donors (Lipinski definition) is 2. The quantitative estimate of drug-likeness (QED) is 0.297. The average Bonchev–Trinajstić information content (AvgIpc) is 3.03. The Balaban J connectivity index is 1.49. The molecule has 0 unspecified atom stereocenters. The first kappa shape index (κ1) is 33.4. The number of carbonyl (C=O) groups is 2. The molecule has 0 bridgehead atoms. The van der Waals surface area contributed by atoms with Crippen molar-refractivity contribution in [2.24, 2.45) is 0 Å². The number of fused-ring (bicyclic) bond motifs is 1. The smallest absolute Gasteiger partial charge is 0.416 e. The molecule has 1 aliphatic heterocycles. The topological polar surface area (TPSA) is 137 Å². The lowest BCUT2D eigenvalue weighted by atomic mass is 10.1. The molecule has 16 heteroatoms. The third-order valence-corrected chi connectivity index (χ3v) is 8.22. The van der Waals surface area contributed by atoms with Crippen LogP contribution in [0.25, 0.3) is 11.2 Å². The van der Waals surface area contributed by atoms with Gasteiger partial charge in [0, 0.05) is 52.2 Å². The van der Waals surface area contributed by atoms with E-state index in [-0.39, 0.29) is 66.0 Å². The van der Waals surface area contributed by atoms with E-state index in [0.717, 1.165) is 18.2 Å². The number of anilines is 3. The third-order valence-electron chi connectivity index (χ3n) is 7.90. The molecule has 1 fully saturated rings. The molecule has 0 atom stereocenters. The normalized spacial score (nSPS) is 13.6. The second-order valence-corrected chi connectivity index (χ2v) is 11.6. The maximum atomic E-state index is 14.1. The van der Waals surface area contributed by atoms with Crippen LogP contribution < -0.4 is 20.5 Å². The van der Waals surface area contributed by atoms with Crippen molar-refractivity contribution in [1.29, 1.82) is 0 Å². The van der Waals surface area contributed by atoms with E-state index in [1.165, 1.54) is 12.4 Å². The first-order chi connectivity index (χ1) is 22.2. The molecule has 4 heterocycles. The van der Waals surface area contributed by atoms with Gasteiger partial charge in [0.15, 0.2) is 16.9 Å². The van der Waals surface area contributed by atoms with Gasteiger partial charge in [0.2, 0.25) is 11.3 Å². The van der Waals surface area contributed by atoms with Gasteiger partial charge in [-0.3, -0.25) is 14.4 Å². The van der Waals surface area contributed by atoms with Gasteiger partial charge in [0.25, 0.3) is 5.91 Å². The van der Waals surface area contributed by atoms with Crippen molar-refractivity contribution in [3.8, 4) is 5.75 Å². The Kier molecular flexibility index (Phi) is 9.29. The number of nitrogens with zero attached hydrogens (tertiary/aromatic N) is 7. The Bertz CT molecular complexity index is 1920. The summed E-state index contributed by atoms with van der Waals surface area (Å²) in [6, 6.07) is 4.23. The monoisotopic (exact) mass is 672 g/mol. The number of aryl methyl sites for hydroxylation is 1. The first-order valence-corrected chi connectivity index (χ1v) is 15.0. The molecule has 12 nitrogen and oxygen atoms in total. The number of hydrogen-bond acceptors (Lipinski definition) is 9. The fraction of sp³-hybridized carbons (Fsp3) is 0.355. The van der Waals surface area contributed by atoms with Gasteiger partial charge in [-0.2, -0.15) is 13.2 Å². The minimum absolute atomic E-state index is 0.0100. The Morgan fingerprint density at radius 1 is 1.11 bits per heavy atom. The highest BCUT2D eigenvalue weighted by atomic mass is 35.5. The summed E-state index contributed by atoms with van der Waals surface area (Å²) in [6.45, 7) is 4.12. The second-order valence-electron chi connectivity index (χ2n) is 11.2. The van der Waals surface area contributed by atoms with Crippen LogP contribution in [0.4, 0.5) is 30.4 Å². The van der Waals surface area contributed by atoms with Gasteiger partial charge in [-0.1, -0.05) is 18.5 Å². The van der Waals surface area contributed by atoms with Gasteiger partial charge in [-0.05, 0) is 43.2 Å². The molecule has 1 aliphatic rings. The summed E-state index contributed by atoms with van der Waals surface area (Å²) >= 11 is 6.08. The standard InChI is InChI=1S/C31H32ClF3N8O4/c1-5-21-26(41-10-12-42(13-11-41)30(47)25-27(45)17(2)8-9-36-25)28(46)24-29(37-15-22(39-24)40(3)4)43(21)16-23(44)38-20-7-6-18(14-19(20)32)31(33,34)35/h6-9,14-15,45H,5,10-13,16H2,1-4H3,(H,38,44). The van der Waals surface area contributed by atoms with E-state index in [0.29, 0.717) is 29.2 Å². The van der Waals surface area contributed by atoms with E-state index < -0.39 is 29.0 Å². The van der Waals surface area contributed by atoms with Crippen LogP contribution in [0.3, 0.4) is 0 Å². The molecule has 0 spiro atoms. The van der Waals surface area contributed by atoms with Crippen molar-refractivity contribution < 1.29 is 27.9 Å². The van der Waals surface area contributed by atoms with Crippen LogP contribution in [0, 0.1) is 6.92 Å². The predicted octanol–water partition coefficient (Wildman–Crippen LogP) is 4.10. The van der Waals surface area contributed by atoms with E-state index >= 15 is 0 Å². The van der Waals surface area contributed by atoms with E-state index in [4.69, 9.17) is 11.6 Å². The van der Waals surface area contributed by atoms with Crippen LogP contribution in [0.15, 0.2) is 41.5 Å². The van der Waals surface area contributed by atoms with Crippen LogP contribution in [0.2, 0.25) is 5.02 Å². The number of halogens is 4. The molecule has 0 aliphatic carbocycles. The van der Waals surface area contributed by atoms with Gasteiger partial charge in [0.1, 0.15) is 23.8 Å². The van der Waals surface area contributed by atoms with Crippen molar-refractivity contribution >= 4 is 51.8 Å². The number of rotatable bonds is 7. The molecule has 4 aromatic rings. The molecule has 0 radical (unpaired) electrons. The fourth-order valence-electron chi connectivity index (χ4n) is 5.41. The van der Waals surface area contributed by atoms with Gasteiger partial charge < -0.3 is 29.7 Å². The second kappa shape index (κ2) is 13.1. The number of nitrogens with one attached hydrogen (secondary N) is 1. The van der Waals surface area contributed by atoms with E-state index in [1.54, 1.807) is 41.5 Å². The van der Waals surface area contributed by atoms with Crippen LogP contribution in [-0.2, 0) is 23.9 Å². The molecule has 47 heavy (non-hydrogen) atoms. The lowest BCUT2D eigenvalue weighted by molar-refractivity contribution is -0.137. The molecule has 5 rings (SSSR count). The van der Waals surface area contributed by atoms with Crippen LogP contribution in [-0.4, -0.2) is 81.6 Å². The number of amides is 2. The molecular weight excluding hydrogens is 641 g/mol. The summed E-state index contributed by atoms with van der Waals surface area (Å²) in [5, 5.41) is 12.7. The van der Waals surface area contributed by atoms with E-state index in [2.05, 4.69) is 20.3 Å². The summed E-state index contributed by atoms with van der Waals surface area (Å²) in [5.74, 6) is -0.816. The zero-order valence-corrected chi connectivity index (χ0v) is 26.8. The van der Waals surface area contributed by atoms with Crippen molar-refractivity contribution in [3.63, 3.8) is 0 Å². The molecular formula is C31H32ClF3N8O4. The number of aromatic nitrogens is 4. The Morgan fingerprint density at radius 2 is 1.81 bits per heavy atom. The van der Waals surface area contributed by atoms with Crippen molar-refractivity contribution in [1.82, 2.24) is 24.4 Å². The van der Waals surface area contributed by atoms with Crippen LogP contribution in [0.5, 0.6) is 5.75 Å². The highest BCUT2D eigenvalue weighted by Crippen LogP contribution is 2.34. The lowest BCUT2D eigenvalue weighted by Gasteiger charge is -2.37. The minimum Gasteiger partial charge on any atom is -0.505 e. The Hall–Kier alpha value is -4.92. The maximum Gasteiger partial charge on any atom is 0.416 e. The summed E-state index contributed by atoms with van der Waals surface area (Å²) in [5.41, 5.74) is 0.0828. The molecule has 1 aromatic carbocycles. The van der Waals surface area contributed by atoms with Crippen molar-refractivity contribution in [2.75, 3.05) is 55.4 Å². The zero-order valence-electron chi connectivity index (χ0n) is 26.0. The van der Waals surface area contributed by atoms with Gasteiger partial charge >= 0.3 is 6.18 Å². The molecule has 1 saturated heterocycles. The van der Waals surface area contributed by atoms with Crippen LogP contribution >= 0.6 is 11.6 Å². The first-order valence-electron chi connectivity index (χ1n) is 14.7. The molecule has 2 amide bonds. The summed E-state index contributed by atoms with van der Waals surface area (Å²) in [7, 11) is 3.49. The highest BCUT2D eigenvalue weighted by molar-refractivity contribution is 6.33. The Morgan fingerprint density at radius 3 is 2.43 bits per heavy atom. The maximum absolute atomic E-state index is 14.1. The largest absolute Gasteiger partial charge is 0.505 e. The average molecular weight is 673 g/mol. The number of aromatic hydroxyl groups is 1. The van der Waals surface area contributed by atoms with E-state index in [9.17, 15) is 32.7 Å². The lowest BCUT2D eigenvalue weighted by Crippen LogP contribution is -2.50. The molecule has 2 N–H and O–H groups in total. The molecule has 0 saturated carbocycles. The van der Waals surface area contributed by atoms with Gasteiger partial charge in [-0.15, -0.1) is 0 Å².